The Morgan fingerprint density at radius 1 is 1.36 bits per heavy atom. The van der Waals surface area contributed by atoms with Crippen LogP contribution >= 0.6 is 15.9 Å². The van der Waals surface area contributed by atoms with Crippen molar-refractivity contribution in [3.8, 4) is 0 Å². The number of methoxy groups -OCH3 is 1. The molecule has 120 valence electrons. The highest BCUT2D eigenvalue weighted by Gasteiger charge is 2.24. The fourth-order valence-corrected chi connectivity index (χ4v) is 2.20. The summed E-state index contributed by atoms with van der Waals surface area (Å²) < 4.78 is 5.29. The molecule has 2 atom stereocenters. The van der Waals surface area contributed by atoms with Gasteiger partial charge in [0.2, 0.25) is 11.8 Å². The first-order chi connectivity index (χ1) is 10.3. The van der Waals surface area contributed by atoms with Crippen LogP contribution in [-0.2, 0) is 25.5 Å². The van der Waals surface area contributed by atoms with E-state index in [4.69, 9.17) is 11.5 Å². The smallest absolute Gasteiger partial charge is 0.307 e. The summed E-state index contributed by atoms with van der Waals surface area (Å²) in [5, 5.41) is 2.45. The third-order valence-corrected chi connectivity index (χ3v) is 3.43. The number of hydrogen-bond acceptors (Lipinski definition) is 5. The van der Waals surface area contributed by atoms with Gasteiger partial charge in [0.05, 0.1) is 19.6 Å². The zero-order valence-corrected chi connectivity index (χ0v) is 13.6. The number of halogens is 1. The maximum Gasteiger partial charge on any atom is 0.307 e. The third kappa shape index (κ3) is 5.82. The SMILES string of the molecule is COC(=O)C[C@H](N)C(=O)N[C@@H](Cc1cccc(Br)c1)C(N)=O. The molecule has 0 unspecified atom stereocenters. The zero-order chi connectivity index (χ0) is 16.7. The van der Waals surface area contributed by atoms with Crippen molar-refractivity contribution in [2.75, 3.05) is 7.11 Å². The van der Waals surface area contributed by atoms with E-state index in [1.54, 1.807) is 6.07 Å². The second kappa shape index (κ2) is 8.50. The van der Waals surface area contributed by atoms with Crippen molar-refractivity contribution in [2.24, 2.45) is 11.5 Å². The molecule has 0 aliphatic rings. The molecule has 0 fully saturated rings. The summed E-state index contributed by atoms with van der Waals surface area (Å²) in [6, 6.07) is 5.26. The second-order valence-corrected chi connectivity index (χ2v) is 5.60. The van der Waals surface area contributed by atoms with E-state index in [-0.39, 0.29) is 12.8 Å². The molecule has 8 heteroatoms. The van der Waals surface area contributed by atoms with Gasteiger partial charge in [0.25, 0.3) is 0 Å². The van der Waals surface area contributed by atoms with E-state index in [1.807, 2.05) is 18.2 Å². The molecule has 1 aromatic rings. The predicted octanol–water partition coefficient (Wildman–Crippen LogP) is -0.148. The van der Waals surface area contributed by atoms with Gasteiger partial charge >= 0.3 is 5.97 Å². The minimum absolute atomic E-state index is 0.228. The Morgan fingerprint density at radius 2 is 2.05 bits per heavy atom. The predicted molar refractivity (Wildman–Crippen MR) is 83.6 cm³/mol. The number of carbonyl (C=O) groups excluding carboxylic acids is 3. The van der Waals surface area contributed by atoms with Crippen LogP contribution in [0, 0.1) is 0 Å². The fourth-order valence-electron chi connectivity index (χ4n) is 1.76. The van der Waals surface area contributed by atoms with E-state index in [9.17, 15) is 14.4 Å². The van der Waals surface area contributed by atoms with Crippen molar-refractivity contribution >= 4 is 33.7 Å². The van der Waals surface area contributed by atoms with E-state index in [0.29, 0.717) is 0 Å². The van der Waals surface area contributed by atoms with Crippen molar-refractivity contribution in [1.29, 1.82) is 0 Å². The van der Waals surface area contributed by atoms with Crippen LogP contribution in [0.5, 0.6) is 0 Å². The standard InChI is InChI=1S/C14H18BrN3O4/c1-22-12(19)7-10(16)14(21)18-11(13(17)20)6-8-3-2-4-9(15)5-8/h2-5,10-11H,6-7,16H2,1H3,(H2,17,20)(H,18,21)/t10-,11-/m0/s1. The Balaban J connectivity index is 2.70. The monoisotopic (exact) mass is 371 g/mol. The molecule has 0 heterocycles. The number of amides is 2. The van der Waals surface area contributed by atoms with E-state index in [0.717, 1.165) is 10.0 Å². The first-order valence-electron chi connectivity index (χ1n) is 6.50. The number of hydrogen-bond donors (Lipinski definition) is 3. The summed E-state index contributed by atoms with van der Waals surface area (Å²) in [6.45, 7) is 0. The highest BCUT2D eigenvalue weighted by Crippen LogP contribution is 2.13. The van der Waals surface area contributed by atoms with Gasteiger partial charge in [-0.3, -0.25) is 14.4 Å². The molecule has 0 aromatic heterocycles. The molecular formula is C14H18BrN3O4. The molecule has 1 rings (SSSR count). The van der Waals surface area contributed by atoms with E-state index >= 15 is 0 Å². The van der Waals surface area contributed by atoms with Crippen LogP contribution in [0.3, 0.4) is 0 Å². The molecule has 0 saturated heterocycles. The highest BCUT2D eigenvalue weighted by atomic mass is 79.9. The van der Waals surface area contributed by atoms with Gasteiger partial charge in [0.15, 0.2) is 0 Å². The number of benzene rings is 1. The van der Waals surface area contributed by atoms with E-state index < -0.39 is 29.9 Å². The lowest BCUT2D eigenvalue weighted by Crippen LogP contribution is -2.51. The Morgan fingerprint density at radius 3 is 2.59 bits per heavy atom. The maximum absolute atomic E-state index is 11.9. The first-order valence-corrected chi connectivity index (χ1v) is 7.29. The van der Waals surface area contributed by atoms with Crippen molar-refractivity contribution < 1.29 is 19.1 Å². The van der Waals surface area contributed by atoms with E-state index in [2.05, 4.69) is 26.0 Å². The normalized spacial score (nSPS) is 13.0. The number of primary amides is 1. The zero-order valence-electron chi connectivity index (χ0n) is 12.0. The van der Waals surface area contributed by atoms with Crippen molar-refractivity contribution in [2.45, 2.75) is 24.9 Å². The molecular weight excluding hydrogens is 354 g/mol. The van der Waals surface area contributed by atoms with E-state index in [1.165, 1.54) is 7.11 Å². The summed E-state index contributed by atoms with van der Waals surface area (Å²) in [4.78, 5) is 34.5. The Kier molecular flexibility index (Phi) is 7.00. The topological polar surface area (TPSA) is 125 Å². The van der Waals surface area contributed by atoms with Gasteiger partial charge < -0.3 is 21.5 Å². The van der Waals surface area contributed by atoms with Crippen molar-refractivity contribution in [3.63, 3.8) is 0 Å². The Bertz CT molecular complexity index is 565. The number of rotatable bonds is 7. The number of carbonyl (C=O) groups is 3. The number of ether oxygens (including phenoxy) is 1. The fraction of sp³-hybridized carbons (Fsp3) is 0.357. The summed E-state index contributed by atoms with van der Waals surface area (Å²) in [7, 11) is 1.20. The second-order valence-electron chi connectivity index (χ2n) is 4.68. The van der Waals surface area contributed by atoms with Crippen LogP contribution < -0.4 is 16.8 Å². The van der Waals surface area contributed by atoms with Crippen molar-refractivity contribution in [1.82, 2.24) is 5.32 Å². The lowest BCUT2D eigenvalue weighted by atomic mass is 10.0. The summed E-state index contributed by atoms with van der Waals surface area (Å²) in [6.07, 6.45) is -0.0455. The largest absolute Gasteiger partial charge is 0.469 e. The minimum atomic E-state index is -1.10. The third-order valence-electron chi connectivity index (χ3n) is 2.94. The molecule has 0 aliphatic heterocycles. The molecule has 0 saturated carbocycles. The highest BCUT2D eigenvalue weighted by molar-refractivity contribution is 9.10. The van der Waals surface area contributed by atoms with Gasteiger partial charge in [-0.25, -0.2) is 0 Å². The van der Waals surface area contributed by atoms with Crippen LogP contribution in [-0.4, -0.2) is 37.0 Å². The van der Waals surface area contributed by atoms with Crippen LogP contribution in [0.4, 0.5) is 0 Å². The lowest BCUT2D eigenvalue weighted by Gasteiger charge is -2.18. The summed E-state index contributed by atoms with van der Waals surface area (Å²) in [5.41, 5.74) is 11.7. The van der Waals surface area contributed by atoms with Gasteiger partial charge in [0.1, 0.15) is 6.04 Å². The van der Waals surface area contributed by atoms with Crippen molar-refractivity contribution in [3.05, 3.63) is 34.3 Å². The van der Waals surface area contributed by atoms with Crippen LogP contribution in [0.2, 0.25) is 0 Å². The summed E-state index contributed by atoms with van der Waals surface area (Å²) in [5.74, 6) is -1.92. The first kappa shape index (κ1) is 18.1. The quantitative estimate of drug-likeness (QED) is 0.575. The lowest BCUT2D eigenvalue weighted by molar-refractivity contribution is -0.142. The Labute approximate surface area is 136 Å². The molecule has 0 spiro atoms. The molecule has 22 heavy (non-hydrogen) atoms. The molecule has 7 nitrogen and oxygen atoms in total. The van der Waals surface area contributed by atoms with Crippen LogP contribution in [0.15, 0.2) is 28.7 Å². The maximum atomic E-state index is 11.9. The van der Waals surface area contributed by atoms with Gasteiger partial charge in [-0.2, -0.15) is 0 Å². The minimum Gasteiger partial charge on any atom is -0.469 e. The number of nitrogens with one attached hydrogen (secondary N) is 1. The number of esters is 1. The average molecular weight is 372 g/mol. The average Bonchev–Trinajstić information content (AvgIpc) is 2.46. The van der Waals surface area contributed by atoms with Gasteiger partial charge in [0, 0.05) is 10.9 Å². The number of nitrogens with two attached hydrogens (primary N) is 2. The Hall–Kier alpha value is -1.93. The molecule has 0 bridgehead atoms. The molecule has 1 aromatic carbocycles. The molecule has 0 radical (unpaired) electrons. The van der Waals surface area contributed by atoms with Gasteiger partial charge in [-0.05, 0) is 17.7 Å². The van der Waals surface area contributed by atoms with Gasteiger partial charge in [-0.1, -0.05) is 28.1 Å². The summed E-state index contributed by atoms with van der Waals surface area (Å²) >= 11 is 3.32. The molecule has 0 aliphatic carbocycles. The van der Waals surface area contributed by atoms with Gasteiger partial charge in [-0.15, -0.1) is 0 Å². The van der Waals surface area contributed by atoms with Crippen LogP contribution in [0.1, 0.15) is 12.0 Å². The van der Waals surface area contributed by atoms with Crippen LogP contribution in [0.25, 0.3) is 0 Å². The molecule has 5 N–H and O–H groups in total. The molecule has 2 amide bonds.